The minimum absolute atomic E-state index is 0.217. The van der Waals surface area contributed by atoms with Crippen molar-refractivity contribution < 1.29 is 8.42 Å². The first kappa shape index (κ1) is 9.99. The normalized spacial score (nSPS) is 24.6. The molecule has 72 valence electrons. The summed E-state index contributed by atoms with van der Waals surface area (Å²) in [7, 11) is -2.95. The van der Waals surface area contributed by atoms with E-state index in [1.54, 1.807) is 13.8 Å². The van der Waals surface area contributed by atoms with Crippen LogP contribution in [0.1, 0.15) is 33.1 Å². The van der Waals surface area contributed by atoms with Crippen LogP contribution in [0.4, 0.5) is 0 Å². The SMILES string of the molecule is CCS(=O)(=O)C1(C(C)N)CCC1. The van der Waals surface area contributed by atoms with Gasteiger partial charge in [-0.15, -0.1) is 0 Å². The van der Waals surface area contributed by atoms with E-state index in [4.69, 9.17) is 5.73 Å². The van der Waals surface area contributed by atoms with Crippen molar-refractivity contribution >= 4 is 9.84 Å². The third kappa shape index (κ3) is 1.17. The largest absolute Gasteiger partial charge is 0.327 e. The zero-order chi connectivity index (χ0) is 9.41. The monoisotopic (exact) mass is 191 g/mol. The Labute approximate surface area is 74.3 Å². The first-order valence-electron chi connectivity index (χ1n) is 4.44. The molecule has 1 rings (SSSR count). The molecule has 1 aliphatic carbocycles. The topological polar surface area (TPSA) is 60.2 Å². The summed E-state index contributed by atoms with van der Waals surface area (Å²) in [5, 5.41) is 0. The van der Waals surface area contributed by atoms with E-state index < -0.39 is 14.6 Å². The molecule has 1 saturated carbocycles. The third-order valence-electron chi connectivity index (χ3n) is 3.03. The summed E-state index contributed by atoms with van der Waals surface area (Å²) >= 11 is 0. The van der Waals surface area contributed by atoms with Crippen LogP contribution in [0, 0.1) is 0 Å². The molecular weight excluding hydrogens is 174 g/mol. The van der Waals surface area contributed by atoms with Crippen molar-refractivity contribution in [2.24, 2.45) is 5.73 Å². The van der Waals surface area contributed by atoms with E-state index >= 15 is 0 Å². The molecule has 0 spiro atoms. The van der Waals surface area contributed by atoms with Crippen LogP contribution < -0.4 is 5.73 Å². The Bertz CT molecular complexity index is 252. The van der Waals surface area contributed by atoms with E-state index in [-0.39, 0.29) is 11.8 Å². The maximum absolute atomic E-state index is 11.7. The van der Waals surface area contributed by atoms with Gasteiger partial charge < -0.3 is 5.73 Å². The highest BCUT2D eigenvalue weighted by atomic mass is 32.2. The maximum atomic E-state index is 11.7. The molecule has 0 aromatic rings. The van der Waals surface area contributed by atoms with Crippen molar-refractivity contribution in [3.8, 4) is 0 Å². The molecule has 0 saturated heterocycles. The van der Waals surface area contributed by atoms with Crippen LogP contribution in [0.15, 0.2) is 0 Å². The number of nitrogens with two attached hydrogens (primary N) is 1. The van der Waals surface area contributed by atoms with E-state index in [0.29, 0.717) is 0 Å². The molecule has 1 fully saturated rings. The van der Waals surface area contributed by atoms with Crippen LogP contribution in [0.25, 0.3) is 0 Å². The van der Waals surface area contributed by atoms with E-state index in [1.807, 2.05) is 0 Å². The minimum atomic E-state index is -2.95. The van der Waals surface area contributed by atoms with Gasteiger partial charge in [-0.3, -0.25) is 0 Å². The summed E-state index contributed by atoms with van der Waals surface area (Å²) < 4.78 is 22.7. The fraction of sp³-hybridized carbons (Fsp3) is 1.00. The first-order chi connectivity index (χ1) is 5.46. The molecule has 12 heavy (non-hydrogen) atoms. The van der Waals surface area contributed by atoms with Crippen molar-refractivity contribution in [3.05, 3.63) is 0 Å². The summed E-state index contributed by atoms with van der Waals surface area (Å²) in [6.45, 7) is 3.49. The zero-order valence-corrected chi connectivity index (χ0v) is 8.52. The van der Waals surface area contributed by atoms with E-state index in [9.17, 15) is 8.42 Å². The quantitative estimate of drug-likeness (QED) is 0.714. The second-order valence-electron chi connectivity index (χ2n) is 3.61. The Morgan fingerprint density at radius 1 is 1.50 bits per heavy atom. The lowest BCUT2D eigenvalue weighted by atomic mass is 9.79. The molecule has 1 atom stereocenters. The van der Waals surface area contributed by atoms with Gasteiger partial charge in [0.05, 0.1) is 4.75 Å². The van der Waals surface area contributed by atoms with Crippen molar-refractivity contribution in [3.63, 3.8) is 0 Å². The second kappa shape index (κ2) is 3.00. The van der Waals surface area contributed by atoms with Gasteiger partial charge in [0.2, 0.25) is 0 Å². The molecule has 0 amide bonds. The highest BCUT2D eigenvalue weighted by Crippen LogP contribution is 2.41. The van der Waals surface area contributed by atoms with Gasteiger partial charge in [0.15, 0.2) is 9.84 Å². The summed E-state index contributed by atoms with van der Waals surface area (Å²) in [5.74, 6) is 0.217. The highest BCUT2D eigenvalue weighted by Gasteiger charge is 2.50. The summed E-state index contributed by atoms with van der Waals surface area (Å²) in [6, 6.07) is -0.226. The van der Waals surface area contributed by atoms with Crippen molar-refractivity contribution in [1.29, 1.82) is 0 Å². The van der Waals surface area contributed by atoms with Crippen molar-refractivity contribution in [2.45, 2.75) is 43.9 Å². The Morgan fingerprint density at radius 3 is 2.08 bits per heavy atom. The fourth-order valence-electron chi connectivity index (χ4n) is 1.86. The molecule has 4 heteroatoms. The minimum Gasteiger partial charge on any atom is -0.327 e. The van der Waals surface area contributed by atoms with Crippen LogP contribution in [0.5, 0.6) is 0 Å². The number of rotatable bonds is 3. The Balaban J connectivity index is 2.96. The third-order valence-corrected chi connectivity index (χ3v) is 5.81. The molecule has 1 aliphatic rings. The highest BCUT2D eigenvalue weighted by molar-refractivity contribution is 7.92. The zero-order valence-electron chi connectivity index (χ0n) is 7.71. The Hall–Kier alpha value is -0.0900. The standard InChI is InChI=1S/C8H17NO2S/c1-3-12(10,11)8(7(2)9)5-4-6-8/h7H,3-6,9H2,1-2H3. The number of hydrogen-bond donors (Lipinski definition) is 1. The molecule has 0 aromatic heterocycles. The van der Waals surface area contributed by atoms with Crippen LogP contribution in [-0.2, 0) is 9.84 Å². The van der Waals surface area contributed by atoms with Gasteiger partial charge in [-0.05, 0) is 19.8 Å². The van der Waals surface area contributed by atoms with Gasteiger partial charge in [0.25, 0.3) is 0 Å². The van der Waals surface area contributed by atoms with Gasteiger partial charge in [-0.2, -0.15) is 0 Å². The average Bonchev–Trinajstić information content (AvgIpc) is 1.83. The van der Waals surface area contributed by atoms with E-state index in [2.05, 4.69) is 0 Å². The summed E-state index contributed by atoms with van der Waals surface area (Å²) in [6.07, 6.45) is 2.50. The average molecular weight is 191 g/mol. The van der Waals surface area contributed by atoms with Crippen LogP contribution in [0.2, 0.25) is 0 Å². The predicted octanol–water partition coefficient (Wildman–Crippen LogP) is 0.691. The van der Waals surface area contributed by atoms with Gasteiger partial charge in [0, 0.05) is 11.8 Å². The van der Waals surface area contributed by atoms with E-state index in [0.717, 1.165) is 19.3 Å². The second-order valence-corrected chi connectivity index (χ2v) is 6.23. The van der Waals surface area contributed by atoms with Crippen LogP contribution >= 0.6 is 0 Å². The predicted molar refractivity (Wildman–Crippen MR) is 49.7 cm³/mol. The first-order valence-corrected chi connectivity index (χ1v) is 6.09. The molecule has 0 bridgehead atoms. The lowest BCUT2D eigenvalue weighted by Gasteiger charge is -2.43. The number of sulfone groups is 1. The van der Waals surface area contributed by atoms with Crippen LogP contribution in [0.3, 0.4) is 0 Å². The fourth-order valence-corrected chi connectivity index (χ4v) is 3.91. The molecule has 3 nitrogen and oxygen atoms in total. The smallest absolute Gasteiger partial charge is 0.157 e. The molecule has 0 radical (unpaired) electrons. The number of hydrogen-bond acceptors (Lipinski definition) is 3. The summed E-state index contributed by atoms with van der Waals surface area (Å²) in [4.78, 5) is 0. The summed E-state index contributed by atoms with van der Waals surface area (Å²) in [5.41, 5.74) is 5.72. The van der Waals surface area contributed by atoms with Crippen molar-refractivity contribution in [2.75, 3.05) is 5.75 Å². The molecular formula is C8H17NO2S. The van der Waals surface area contributed by atoms with Gasteiger partial charge in [0.1, 0.15) is 0 Å². The van der Waals surface area contributed by atoms with Crippen molar-refractivity contribution in [1.82, 2.24) is 0 Å². The molecule has 0 heterocycles. The van der Waals surface area contributed by atoms with Gasteiger partial charge in [-0.25, -0.2) is 8.42 Å². The van der Waals surface area contributed by atoms with Gasteiger partial charge >= 0.3 is 0 Å². The lowest BCUT2D eigenvalue weighted by molar-refractivity contribution is 0.296. The maximum Gasteiger partial charge on any atom is 0.157 e. The lowest BCUT2D eigenvalue weighted by Crippen LogP contribution is -2.57. The Morgan fingerprint density at radius 2 is 2.00 bits per heavy atom. The van der Waals surface area contributed by atoms with Gasteiger partial charge in [-0.1, -0.05) is 13.3 Å². The molecule has 1 unspecified atom stereocenters. The molecule has 0 aliphatic heterocycles. The van der Waals surface area contributed by atoms with Crippen LogP contribution in [-0.4, -0.2) is 25.0 Å². The molecule has 0 aromatic carbocycles. The Kier molecular flexibility index (Phi) is 2.50. The molecule has 2 N–H and O–H groups in total. The van der Waals surface area contributed by atoms with E-state index in [1.165, 1.54) is 0 Å².